The molecule has 0 bridgehead atoms. The topological polar surface area (TPSA) is 131 Å². The van der Waals surface area contributed by atoms with Crippen molar-refractivity contribution in [1.82, 2.24) is 24.7 Å². The largest absolute Gasteiger partial charge is 0.370 e. The van der Waals surface area contributed by atoms with Crippen LogP contribution in [-0.4, -0.2) is 31.3 Å². The number of H-pyrrole nitrogens is 1. The van der Waals surface area contributed by atoms with Crippen LogP contribution in [0.4, 0.5) is 17.5 Å². The molecule has 27 heavy (non-hydrogen) atoms. The highest BCUT2D eigenvalue weighted by Crippen LogP contribution is 2.30. The Bertz CT molecular complexity index is 1090. The molecule has 0 atom stereocenters. The van der Waals surface area contributed by atoms with E-state index in [0.29, 0.717) is 34.9 Å². The van der Waals surface area contributed by atoms with Crippen molar-refractivity contribution in [2.75, 3.05) is 17.2 Å². The van der Waals surface area contributed by atoms with Crippen LogP contribution in [0.1, 0.15) is 37.7 Å². The number of aryl methyl sites for hydroxylation is 1. The number of aromatic nitrogens is 5. The molecule has 9 nitrogen and oxygen atoms in total. The third kappa shape index (κ3) is 3.04. The molecule has 3 aromatic heterocycles. The summed E-state index contributed by atoms with van der Waals surface area (Å²) < 4.78 is 1.69. The molecule has 0 aliphatic carbocycles. The van der Waals surface area contributed by atoms with Gasteiger partial charge in [0, 0.05) is 12.7 Å². The monoisotopic (exact) mass is 363 g/mol. The Labute approximate surface area is 157 Å². The van der Waals surface area contributed by atoms with Gasteiger partial charge in [-0.2, -0.15) is 25.6 Å². The van der Waals surface area contributed by atoms with Crippen LogP contribution in [-0.2, 0) is 5.54 Å². The molecule has 0 fully saturated rings. The lowest BCUT2D eigenvalue weighted by Crippen LogP contribution is -2.26. The fourth-order valence-electron chi connectivity index (χ4n) is 3.00. The molecule has 0 saturated heterocycles. The Morgan fingerprint density at radius 3 is 2.63 bits per heavy atom. The van der Waals surface area contributed by atoms with E-state index in [9.17, 15) is 10.5 Å². The van der Waals surface area contributed by atoms with Crippen LogP contribution in [0.3, 0.4) is 0 Å². The van der Waals surface area contributed by atoms with E-state index >= 15 is 0 Å². The van der Waals surface area contributed by atoms with Crippen LogP contribution in [0.5, 0.6) is 0 Å². The molecule has 0 unspecified atom stereocenters. The first kappa shape index (κ1) is 18.2. The number of aromatic amines is 1. The Kier molecular flexibility index (Phi) is 4.46. The summed E-state index contributed by atoms with van der Waals surface area (Å²) in [6.07, 6.45) is 1.62. The summed E-state index contributed by atoms with van der Waals surface area (Å²) in [5, 5.41) is 30.3. The summed E-state index contributed by atoms with van der Waals surface area (Å²) >= 11 is 0. The van der Waals surface area contributed by atoms with Crippen molar-refractivity contribution in [2.45, 2.75) is 40.2 Å². The summed E-state index contributed by atoms with van der Waals surface area (Å²) in [7, 11) is 0. The predicted octanol–water partition coefficient (Wildman–Crippen LogP) is 3.08. The molecule has 0 aliphatic rings. The van der Waals surface area contributed by atoms with E-state index in [0.717, 1.165) is 17.1 Å². The quantitative estimate of drug-likeness (QED) is 0.634. The molecule has 0 saturated carbocycles. The van der Waals surface area contributed by atoms with Crippen LogP contribution in [0.2, 0.25) is 0 Å². The van der Waals surface area contributed by atoms with Gasteiger partial charge in [0.25, 0.3) is 0 Å². The van der Waals surface area contributed by atoms with Gasteiger partial charge in [0.1, 0.15) is 23.1 Å². The molecule has 3 heterocycles. The van der Waals surface area contributed by atoms with Gasteiger partial charge in [-0.1, -0.05) is 0 Å². The first-order valence-corrected chi connectivity index (χ1v) is 8.60. The number of fused-ring (bicyclic) bond motifs is 1. The number of anilines is 3. The molecule has 3 rings (SSSR count). The predicted molar refractivity (Wildman–Crippen MR) is 103 cm³/mol. The molecule has 0 aromatic carbocycles. The van der Waals surface area contributed by atoms with Crippen LogP contribution in [0.25, 0.3) is 11.0 Å². The standard InChI is InChI=1S/C18H21N9/c1-6-21-15-13-12(7-19)8-22-16(13)25-17(24-15)23-14-10(2)26-27(11(14)3)18(4,5)9-20/h8H,6H2,1-5H3,(H3,21,22,23,24,25). The Balaban J connectivity index is 2.08. The minimum atomic E-state index is -0.768. The first-order chi connectivity index (χ1) is 12.8. The summed E-state index contributed by atoms with van der Waals surface area (Å²) in [5.74, 6) is 0.966. The van der Waals surface area contributed by atoms with Crippen LogP contribution < -0.4 is 10.6 Å². The molecule has 3 N–H and O–H groups in total. The molecule has 0 radical (unpaired) electrons. The van der Waals surface area contributed by atoms with E-state index in [2.05, 4.69) is 42.8 Å². The number of nitrogens with one attached hydrogen (secondary N) is 3. The molecule has 138 valence electrons. The third-order valence-electron chi connectivity index (χ3n) is 4.33. The summed E-state index contributed by atoms with van der Waals surface area (Å²) in [4.78, 5) is 12.0. The van der Waals surface area contributed by atoms with Gasteiger partial charge in [-0.15, -0.1) is 0 Å². The lowest BCUT2D eigenvalue weighted by Gasteiger charge is -2.18. The van der Waals surface area contributed by atoms with E-state index in [1.807, 2.05) is 34.6 Å². The average molecular weight is 363 g/mol. The zero-order chi connectivity index (χ0) is 19.8. The summed E-state index contributed by atoms with van der Waals surface area (Å²) in [6, 6.07) is 4.40. The second-order valence-corrected chi connectivity index (χ2v) is 6.72. The van der Waals surface area contributed by atoms with E-state index in [4.69, 9.17) is 0 Å². The summed E-state index contributed by atoms with van der Waals surface area (Å²) in [5.41, 5.74) is 2.61. The number of nitriles is 2. The molecular weight excluding hydrogens is 342 g/mol. The first-order valence-electron chi connectivity index (χ1n) is 8.60. The maximum atomic E-state index is 9.41. The SMILES string of the molecule is CCNc1nc(Nc2c(C)nn(C(C)(C)C#N)c2C)nc2[nH]cc(C#N)c12. The molecule has 3 aromatic rings. The van der Waals surface area contributed by atoms with Crippen molar-refractivity contribution in [3.05, 3.63) is 23.1 Å². The molecule has 9 heteroatoms. The van der Waals surface area contributed by atoms with E-state index in [-0.39, 0.29) is 0 Å². The molecular formula is C18H21N9. The average Bonchev–Trinajstić information content (AvgIpc) is 3.18. The second-order valence-electron chi connectivity index (χ2n) is 6.72. The van der Waals surface area contributed by atoms with Crippen molar-refractivity contribution < 1.29 is 0 Å². The lowest BCUT2D eigenvalue weighted by molar-refractivity contribution is 0.407. The fourth-order valence-corrected chi connectivity index (χ4v) is 3.00. The van der Waals surface area contributed by atoms with Crippen molar-refractivity contribution >= 4 is 28.5 Å². The van der Waals surface area contributed by atoms with Crippen molar-refractivity contribution in [1.29, 1.82) is 10.5 Å². The maximum Gasteiger partial charge on any atom is 0.231 e. The van der Waals surface area contributed by atoms with E-state index in [1.54, 1.807) is 10.9 Å². The normalized spacial score (nSPS) is 11.2. The zero-order valence-corrected chi connectivity index (χ0v) is 16.0. The van der Waals surface area contributed by atoms with Gasteiger partial charge in [0.2, 0.25) is 5.95 Å². The van der Waals surface area contributed by atoms with E-state index in [1.165, 1.54) is 0 Å². The van der Waals surface area contributed by atoms with Gasteiger partial charge in [0.15, 0.2) is 0 Å². The van der Waals surface area contributed by atoms with Gasteiger partial charge >= 0.3 is 0 Å². The minimum absolute atomic E-state index is 0.380. The molecule has 0 aliphatic heterocycles. The smallest absolute Gasteiger partial charge is 0.231 e. The van der Waals surface area contributed by atoms with Crippen LogP contribution in [0.15, 0.2) is 6.20 Å². The highest BCUT2D eigenvalue weighted by Gasteiger charge is 2.26. The second kappa shape index (κ2) is 6.61. The van der Waals surface area contributed by atoms with Crippen molar-refractivity contribution in [3.63, 3.8) is 0 Å². The zero-order valence-electron chi connectivity index (χ0n) is 16.0. The molecule has 0 amide bonds. The van der Waals surface area contributed by atoms with Gasteiger partial charge in [-0.05, 0) is 34.6 Å². The lowest BCUT2D eigenvalue weighted by atomic mass is 10.1. The number of rotatable bonds is 5. The maximum absolute atomic E-state index is 9.41. The highest BCUT2D eigenvalue weighted by molar-refractivity contribution is 5.93. The highest BCUT2D eigenvalue weighted by atomic mass is 15.3. The number of nitrogens with zero attached hydrogens (tertiary/aromatic N) is 6. The van der Waals surface area contributed by atoms with Gasteiger partial charge in [0.05, 0.1) is 34.1 Å². The fraction of sp³-hybridized carbons (Fsp3) is 0.389. The number of hydrogen-bond donors (Lipinski definition) is 3. The Morgan fingerprint density at radius 2 is 2.00 bits per heavy atom. The summed E-state index contributed by atoms with van der Waals surface area (Å²) in [6.45, 7) is 10.0. The number of hydrogen-bond acceptors (Lipinski definition) is 7. The van der Waals surface area contributed by atoms with E-state index < -0.39 is 5.54 Å². The molecule has 0 spiro atoms. The van der Waals surface area contributed by atoms with Crippen LogP contribution >= 0.6 is 0 Å². The van der Waals surface area contributed by atoms with Gasteiger partial charge < -0.3 is 15.6 Å². The minimum Gasteiger partial charge on any atom is -0.370 e. The van der Waals surface area contributed by atoms with Crippen molar-refractivity contribution in [3.8, 4) is 12.1 Å². The Morgan fingerprint density at radius 1 is 1.26 bits per heavy atom. The third-order valence-corrected chi connectivity index (χ3v) is 4.33. The Hall–Kier alpha value is -3.59. The van der Waals surface area contributed by atoms with Crippen molar-refractivity contribution in [2.24, 2.45) is 0 Å². The van der Waals surface area contributed by atoms with Gasteiger partial charge in [-0.25, -0.2) is 4.68 Å². The van der Waals surface area contributed by atoms with Crippen LogP contribution in [0, 0.1) is 36.5 Å². The van der Waals surface area contributed by atoms with Gasteiger partial charge in [-0.3, -0.25) is 0 Å².